The van der Waals surface area contributed by atoms with Gasteiger partial charge in [-0.15, -0.1) is 0 Å². The fraction of sp³-hybridized carbons (Fsp3) is 0.467. The van der Waals surface area contributed by atoms with Gasteiger partial charge in [0.05, 0.1) is 0 Å². The largest absolute Gasteiger partial charge is 0.480 e. The number of carbonyl (C=O) groups is 2. The lowest BCUT2D eigenvalue weighted by molar-refractivity contribution is -0.136. The van der Waals surface area contributed by atoms with Crippen LogP contribution in [0.4, 0.5) is 5.69 Å². The molecule has 1 atom stereocenters. The zero-order valence-electron chi connectivity index (χ0n) is 12.0. The number of hydrogen-bond donors (Lipinski definition) is 2. The van der Waals surface area contributed by atoms with Gasteiger partial charge in [-0.1, -0.05) is 24.6 Å². The second-order valence-corrected chi connectivity index (χ2v) is 5.09. The molecule has 5 heteroatoms. The topological polar surface area (TPSA) is 83.6 Å². The number of carboxylic acids is 1. The summed E-state index contributed by atoms with van der Waals surface area (Å²) >= 11 is 0. The first-order valence-electron chi connectivity index (χ1n) is 6.73. The van der Waals surface area contributed by atoms with E-state index in [1.165, 1.54) is 4.90 Å². The van der Waals surface area contributed by atoms with Crippen LogP contribution in [0.3, 0.4) is 0 Å². The molecule has 1 aromatic rings. The van der Waals surface area contributed by atoms with Crippen LogP contribution in [0.1, 0.15) is 25.3 Å². The molecule has 20 heavy (non-hydrogen) atoms. The van der Waals surface area contributed by atoms with Gasteiger partial charge >= 0.3 is 5.97 Å². The van der Waals surface area contributed by atoms with Gasteiger partial charge in [-0.25, -0.2) is 0 Å². The Kier molecular flexibility index (Phi) is 6.18. The Balaban J connectivity index is 2.80. The molecule has 0 fully saturated rings. The zero-order chi connectivity index (χ0) is 15.1. The third kappa shape index (κ3) is 5.01. The number of amides is 1. The van der Waals surface area contributed by atoms with E-state index in [1.807, 2.05) is 26.0 Å². The minimum absolute atomic E-state index is 0.184. The van der Waals surface area contributed by atoms with Crippen molar-refractivity contribution in [2.24, 2.45) is 11.7 Å². The standard InChI is InChI=1S/C15H22N2O3/c1-11-3-6-13(7-4-11)17(10-15(19)20)14(18)8-5-12(2)9-16/h3-4,6-7,12H,5,8-10,16H2,1-2H3,(H,19,20). The van der Waals surface area contributed by atoms with E-state index < -0.39 is 5.97 Å². The first-order valence-corrected chi connectivity index (χ1v) is 6.73. The molecule has 0 heterocycles. The lowest BCUT2D eigenvalue weighted by atomic mass is 10.1. The van der Waals surface area contributed by atoms with E-state index >= 15 is 0 Å². The second-order valence-electron chi connectivity index (χ2n) is 5.09. The van der Waals surface area contributed by atoms with Crippen LogP contribution in [0.15, 0.2) is 24.3 Å². The maximum absolute atomic E-state index is 12.2. The van der Waals surface area contributed by atoms with Gasteiger partial charge in [-0.2, -0.15) is 0 Å². The molecule has 0 aliphatic carbocycles. The number of aliphatic carboxylic acids is 1. The van der Waals surface area contributed by atoms with Crippen LogP contribution in [-0.2, 0) is 9.59 Å². The molecule has 0 saturated heterocycles. The fourth-order valence-corrected chi connectivity index (χ4v) is 1.81. The van der Waals surface area contributed by atoms with Crippen molar-refractivity contribution in [1.82, 2.24) is 0 Å². The van der Waals surface area contributed by atoms with E-state index in [-0.39, 0.29) is 18.4 Å². The molecular weight excluding hydrogens is 256 g/mol. The van der Waals surface area contributed by atoms with Gasteiger partial charge in [-0.05, 0) is 37.9 Å². The number of anilines is 1. The molecule has 1 amide bonds. The van der Waals surface area contributed by atoms with Crippen LogP contribution in [0.2, 0.25) is 0 Å². The minimum atomic E-state index is -1.02. The molecule has 110 valence electrons. The number of carbonyl (C=O) groups excluding carboxylic acids is 1. The molecule has 5 nitrogen and oxygen atoms in total. The van der Waals surface area contributed by atoms with Gasteiger partial charge in [0.25, 0.3) is 0 Å². The third-order valence-electron chi connectivity index (χ3n) is 3.19. The lowest BCUT2D eigenvalue weighted by Gasteiger charge is -2.21. The smallest absolute Gasteiger partial charge is 0.323 e. The first-order chi connectivity index (χ1) is 9.43. The summed E-state index contributed by atoms with van der Waals surface area (Å²) < 4.78 is 0. The van der Waals surface area contributed by atoms with Crippen molar-refractivity contribution in [2.45, 2.75) is 26.7 Å². The van der Waals surface area contributed by atoms with Crippen LogP contribution in [0, 0.1) is 12.8 Å². The van der Waals surface area contributed by atoms with Crippen molar-refractivity contribution < 1.29 is 14.7 Å². The Morgan fingerprint density at radius 2 is 1.90 bits per heavy atom. The summed E-state index contributed by atoms with van der Waals surface area (Å²) in [6, 6.07) is 7.25. The Labute approximate surface area is 119 Å². The summed E-state index contributed by atoms with van der Waals surface area (Å²) in [4.78, 5) is 24.5. The predicted octanol–water partition coefficient (Wildman–Crippen LogP) is 1.79. The van der Waals surface area contributed by atoms with Crippen molar-refractivity contribution in [3.05, 3.63) is 29.8 Å². The number of hydrogen-bond acceptors (Lipinski definition) is 3. The summed E-state index contributed by atoms with van der Waals surface area (Å²) in [5, 5.41) is 8.96. The Bertz CT molecular complexity index is 457. The van der Waals surface area contributed by atoms with E-state index in [1.54, 1.807) is 12.1 Å². The molecule has 0 spiro atoms. The van der Waals surface area contributed by atoms with E-state index in [2.05, 4.69) is 0 Å². The van der Waals surface area contributed by atoms with Crippen LogP contribution >= 0.6 is 0 Å². The van der Waals surface area contributed by atoms with Crippen molar-refractivity contribution in [1.29, 1.82) is 0 Å². The maximum Gasteiger partial charge on any atom is 0.323 e. The monoisotopic (exact) mass is 278 g/mol. The molecule has 1 rings (SSSR count). The summed E-state index contributed by atoms with van der Waals surface area (Å²) in [7, 11) is 0. The lowest BCUT2D eigenvalue weighted by Crippen LogP contribution is -2.36. The highest BCUT2D eigenvalue weighted by atomic mass is 16.4. The highest BCUT2D eigenvalue weighted by Gasteiger charge is 2.19. The fourth-order valence-electron chi connectivity index (χ4n) is 1.81. The third-order valence-corrected chi connectivity index (χ3v) is 3.19. The van der Waals surface area contributed by atoms with Gasteiger partial charge in [0, 0.05) is 12.1 Å². The van der Waals surface area contributed by atoms with Crippen molar-refractivity contribution in [3.63, 3.8) is 0 Å². The van der Waals surface area contributed by atoms with Gasteiger partial charge in [0.1, 0.15) is 6.54 Å². The first kappa shape index (κ1) is 16.2. The number of carboxylic acid groups (broad SMARTS) is 1. The van der Waals surface area contributed by atoms with Crippen LogP contribution in [0.5, 0.6) is 0 Å². The number of benzene rings is 1. The molecule has 0 bridgehead atoms. The van der Waals surface area contributed by atoms with Crippen LogP contribution in [-0.4, -0.2) is 30.1 Å². The van der Waals surface area contributed by atoms with Gasteiger partial charge in [0.2, 0.25) is 5.91 Å². The number of nitrogens with two attached hydrogens (primary N) is 1. The molecule has 0 saturated carbocycles. The summed E-state index contributed by atoms with van der Waals surface area (Å²) in [5.41, 5.74) is 7.20. The highest BCUT2D eigenvalue weighted by molar-refractivity contribution is 5.97. The molecule has 3 N–H and O–H groups in total. The number of rotatable bonds is 7. The average Bonchev–Trinajstić information content (AvgIpc) is 2.42. The quantitative estimate of drug-likeness (QED) is 0.796. The SMILES string of the molecule is Cc1ccc(N(CC(=O)O)C(=O)CCC(C)CN)cc1. The summed E-state index contributed by atoms with van der Waals surface area (Å²) in [6.45, 7) is 4.12. The van der Waals surface area contributed by atoms with Crippen molar-refractivity contribution >= 4 is 17.6 Å². The predicted molar refractivity (Wildman–Crippen MR) is 78.6 cm³/mol. The molecular formula is C15H22N2O3. The van der Waals surface area contributed by atoms with E-state index in [0.29, 0.717) is 25.1 Å². The number of aryl methyl sites for hydroxylation is 1. The van der Waals surface area contributed by atoms with E-state index in [9.17, 15) is 9.59 Å². The maximum atomic E-state index is 12.2. The molecule has 1 aromatic carbocycles. The average molecular weight is 278 g/mol. The molecule has 0 aromatic heterocycles. The molecule has 0 aliphatic heterocycles. The molecule has 0 aliphatic rings. The minimum Gasteiger partial charge on any atom is -0.480 e. The molecule has 1 unspecified atom stereocenters. The normalized spacial score (nSPS) is 11.9. The Morgan fingerprint density at radius 3 is 2.40 bits per heavy atom. The van der Waals surface area contributed by atoms with E-state index in [0.717, 1.165) is 5.56 Å². The van der Waals surface area contributed by atoms with Crippen LogP contribution in [0.25, 0.3) is 0 Å². The summed E-state index contributed by atoms with van der Waals surface area (Å²) in [6.07, 6.45) is 0.969. The molecule has 0 radical (unpaired) electrons. The second kappa shape index (κ2) is 7.65. The number of nitrogens with zero attached hydrogens (tertiary/aromatic N) is 1. The highest BCUT2D eigenvalue weighted by Crippen LogP contribution is 2.17. The van der Waals surface area contributed by atoms with Crippen molar-refractivity contribution in [2.75, 3.05) is 18.0 Å². The Hall–Kier alpha value is -1.88. The Morgan fingerprint density at radius 1 is 1.30 bits per heavy atom. The van der Waals surface area contributed by atoms with E-state index in [4.69, 9.17) is 10.8 Å². The summed E-state index contributed by atoms with van der Waals surface area (Å²) in [5.74, 6) is -0.953. The van der Waals surface area contributed by atoms with Gasteiger partial charge in [0.15, 0.2) is 0 Å². The zero-order valence-corrected chi connectivity index (χ0v) is 12.0. The van der Waals surface area contributed by atoms with Gasteiger partial charge in [-0.3, -0.25) is 9.59 Å². The van der Waals surface area contributed by atoms with Crippen LogP contribution < -0.4 is 10.6 Å². The van der Waals surface area contributed by atoms with Crippen molar-refractivity contribution in [3.8, 4) is 0 Å². The van der Waals surface area contributed by atoms with Gasteiger partial charge < -0.3 is 15.7 Å².